The predicted molar refractivity (Wildman–Crippen MR) is 81.1 cm³/mol. The summed E-state index contributed by atoms with van der Waals surface area (Å²) in [6, 6.07) is 10.2. The van der Waals surface area contributed by atoms with E-state index in [1.54, 1.807) is 12.4 Å². The largest absolute Gasteiger partial charge is 0.382 e. The van der Waals surface area contributed by atoms with Crippen LogP contribution in [0.25, 0.3) is 22.4 Å². The van der Waals surface area contributed by atoms with E-state index in [0.29, 0.717) is 5.82 Å². The third kappa shape index (κ3) is 2.05. The van der Waals surface area contributed by atoms with Gasteiger partial charge in [-0.3, -0.25) is 10.1 Å². The molecule has 20 heavy (non-hydrogen) atoms. The van der Waals surface area contributed by atoms with Crippen molar-refractivity contribution in [2.45, 2.75) is 13.8 Å². The number of pyridine rings is 1. The van der Waals surface area contributed by atoms with Crippen LogP contribution in [0.15, 0.2) is 42.7 Å². The Bertz CT molecular complexity index is 744. The summed E-state index contributed by atoms with van der Waals surface area (Å²) in [5, 5.41) is 7.15. The normalized spacial score (nSPS) is 10.7. The number of hydrogen-bond acceptors (Lipinski definition) is 3. The Morgan fingerprint density at radius 1 is 1.05 bits per heavy atom. The quantitative estimate of drug-likeness (QED) is 0.746. The molecule has 0 atom stereocenters. The SMILES string of the molecule is Cc1ccc(-c2c(N)n[nH]c2-c2cccnc2)cc1C. The molecule has 0 aliphatic rings. The molecule has 0 bridgehead atoms. The monoisotopic (exact) mass is 264 g/mol. The topological polar surface area (TPSA) is 67.6 Å². The number of aromatic amines is 1. The summed E-state index contributed by atoms with van der Waals surface area (Å²) in [5.41, 5.74) is 12.4. The highest BCUT2D eigenvalue weighted by Crippen LogP contribution is 2.34. The van der Waals surface area contributed by atoms with Gasteiger partial charge >= 0.3 is 0 Å². The zero-order chi connectivity index (χ0) is 14.1. The lowest BCUT2D eigenvalue weighted by Gasteiger charge is -2.07. The van der Waals surface area contributed by atoms with Crippen LogP contribution < -0.4 is 5.73 Å². The molecule has 100 valence electrons. The summed E-state index contributed by atoms with van der Waals surface area (Å²) >= 11 is 0. The second kappa shape index (κ2) is 4.81. The lowest BCUT2D eigenvalue weighted by Crippen LogP contribution is -1.90. The number of nitrogens with zero attached hydrogens (tertiary/aromatic N) is 2. The first-order valence-electron chi connectivity index (χ1n) is 6.48. The number of aryl methyl sites for hydroxylation is 2. The second-order valence-electron chi connectivity index (χ2n) is 4.90. The van der Waals surface area contributed by atoms with E-state index in [2.05, 4.69) is 47.2 Å². The van der Waals surface area contributed by atoms with Crippen LogP contribution >= 0.6 is 0 Å². The van der Waals surface area contributed by atoms with Gasteiger partial charge in [0.2, 0.25) is 0 Å². The summed E-state index contributed by atoms with van der Waals surface area (Å²) in [7, 11) is 0. The summed E-state index contributed by atoms with van der Waals surface area (Å²) in [4.78, 5) is 4.15. The van der Waals surface area contributed by atoms with Gasteiger partial charge in [-0.25, -0.2) is 0 Å². The molecule has 2 aromatic heterocycles. The van der Waals surface area contributed by atoms with Gasteiger partial charge in [-0.15, -0.1) is 0 Å². The number of benzene rings is 1. The molecule has 0 aliphatic heterocycles. The van der Waals surface area contributed by atoms with Crippen molar-refractivity contribution >= 4 is 5.82 Å². The number of nitrogens with one attached hydrogen (secondary N) is 1. The molecular formula is C16H16N4. The average Bonchev–Trinajstić information content (AvgIpc) is 2.85. The minimum Gasteiger partial charge on any atom is -0.382 e. The maximum Gasteiger partial charge on any atom is 0.153 e. The summed E-state index contributed by atoms with van der Waals surface area (Å²) < 4.78 is 0. The Balaban J connectivity index is 2.19. The van der Waals surface area contributed by atoms with E-state index in [4.69, 9.17) is 5.73 Å². The van der Waals surface area contributed by atoms with Crippen molar-refractivity contribution in [2.24, 2.45) is 0 Å². The number of nitrogen functional groups attached to an aromatic ring is 1. The number of aromatic nitrogens is 3. The Labute approximate surface area is 117 Å². The van der Waals surface area contributed by atoms with Gasteiger partial charge in [0, 0.05) is 18.0 Å². The van der Waals surface area contributed by atoms with E-state index in [1.165, 1.54) is 11.1 Å². The van der Waals surface area contributed by atoms with Gasteiger partial charge < -0.3 is 5.73 Å². The van der Waals surface area contributed by atoms with Crippen LogP contribution in [0, 0.1) is 13.8 Å². The zero-order valence-electron chi connectivity index (χ0n) is 11.5. The van der Waals surface area contributed by atoms with E-state index in [0.717, 1.165) is 22.4 Å². The first-order valence-corrected chi connectivity index (χ1v) is 6.48. The van der Waals surface area contributed by atoms with Gasteiger partial charge in [-0.05, 0) is 42.7 Å². The minimum atomic E-state index is 0.507. The Morgan fingerprint density at radius 2 is 1.90 bits per heavy atom. The molecule has 4 nitrogen and oxygen atoms in total. The summed E-state index contributed by atoms with van der Waals surface area (Å²) in [5.74, 6) is 0.507. The van der Waals surface area contributed by atoms with Crippen molar-refractivity contribution in [3.8, 4) is 22.4 Å². The molecule has 0 fully saturated rings. The van der Waals surface area contributed by atoms with Gasteiger partial charge in [-0.1, -0.05) is 18.2 Å². The van der Waals surface area contributed by atoms with E-state index < -0.39 is 0 Å². The van der Waals surface area contributed by atoms with Crippen molar-refractivity contribution in [1.82, 2.24) is 15.2 Å². The van der Waals surface area contributed by atoms with E-state index in [1.807, 2.05) is 12.1 Å². The van der Waals surface area contributed by atoms with Crippen LogP contribution in [0.5, 0.6) is 0 Å². The van der Waals surface area contributed by atoms with Crippen LogP contribution in [0.4, 0.5) is 5.82 Å². The van der Waals surface area contributed by atoms with E-state index >= 15 is 0 Å². The van der Waals surface area contributed by atoms with Crippen molar-refractivity contribution in [2.75, 3.05) is 5.73 Å². The molecule has 3 rings (SSSR count). The zero-order valence-corrected chi connectivity index (χ0v) is 11.5. The lowest BCUT2D eigenvalue weighted by atomic mass is 9.98. The molecule has 2 heterocycles. The molecule has 0 aliphatic carbocycles. The maximum absolute atomic E-state index is 6.04. The molecule has 0 radical (unpaired) electrons. The first kappa shape index (κ1) is 12.4. The highest BCUT2D eigenvalue weighted by atomic mass is 15.2. The maximum atomic E-state index is 6.04. The van der Waals surface area contributed by atoms with E-state index in [-0.39, 0.29) is 0 Å². The number of H-pyrrole nitrogens is 1. The molecule has 3 N–H and O–H groups in total. The second-order valence-corrected chi connectivity index (χ2v) is 4.90. The first-order chi connectivity index (χ1) is 9.66. The third-order valence-electron chi connectivity index (χ3n) is 3.54. The van der Waals surface area contributed by atoms with Crippen molar-refractivity contribution in [3.63, 3.8) is 0 Å². The lowest BCUT2D eigenvalue weighted by molar-refractivity contribution is 1.10. The highest BCUT2D eigenvalue weighted by Gasteiger charge is 2.15. The summed E-state index contributed by atoms with van der Waals surface area (Å²) in [6.45, 7) is 4.19. The molecule has 3 aromatic rings. The molecule has 4 heteroatoms. The average molecular weight is 264 g/mol. The number of anilines is 1. The van der Waals surface area contributed by atoms with Gasteiger partial charge in [0.25, 0.3) is 0 Å². The van der Waals surface area contributed by atoms with Gasteiger partial charge in [0.15, 0.2) is 5.82 Å². The molecule has 0 spiro atoms. The molecule has 0 amide bonds. The number of hydrogen-bond donors (Lipinski definition) is 2. The van der Waals surface area contributed by atoms with Crippen LogP contribution in [0.3, 0.4) is 0 Å². The predicted octanol–water partition coefficient (Wildman–Crippen LogP) is 3.34. The third-order valence-corrected chi connectivity index (χ3v) is 3.54. The van der Waals surface area contributed by atoms with Gasteiger partial charge in [-0.2, -0.15) is 5.10 Å². The van der Waals surface area contributed by atoms with Gasteiger partial charge in [0.1, 0.15) is 0 Å². The smallest absolute Gasteiger partial charge is 0.153 e. The van der Waals surface area contributed by atoms with Crippen LogP contribution in [-0.2, 0) is 0 Å². The fourth-order valence-corrected chi connectivity index (χ4v) is 2.26. The molecule has 0 unspecified atom stereocenters. The fourth-order valence-electron chi connectivity index (χ4n) is 2.26. The van der Waals surface area contributed by atoms with Crippen molar-refractivity contribution in [3.05, 3.63) is 53.9 Å². The van der Waals surface area contributed by atoms with Gasteiger partial charge in [0.05, 0.1) is 11.3 Å². The Hall–Kier alpha value is -2.62. The van der Waals surface area contributed by atoms with Crippen LogP contribution in [0.1, 0.15) is 11.1 Å². The summed E-state index contributed by atoms with van der Waals surface area (Å²) in [6.07, 6.45) is 3.55. The van der Waals surface area contributed by atoms with Crippen LogP contribution in [-0.4, -0.2) is 15.2 Å². The van der Waals surface area contributed by atoms with E-state index in [9.17, 15) is 0 Å². The molecule has 1 aromatic carbocycles. The van der Waals surface area contributed by atoms with Crippen molar-refractivity contribution in [1.29, 1.82) is 0 Å². The number of rotatable bonds is 2. The van der Waals surface area contributed by atoms with Crippen molar-refractivity contribution < 1.29 is 0 Å². The minimum absolute atomic E-state index is 0.507. The standard InChI is InChI=1S/C16H16N4/c1-10-5-6-12(8-11(10)2)14-15(19-20-16(14)17)13-4-3-7-18-9-13/h3-9H,1-2H3,(H3,17,19,20). The van der Waals surface area contributed by atoms with Crippen LogP contribution in [0.2, 0.25) is 0 Å². The molecule has 0 saturated carbocycles. The Morgan fingerprint density at radius 3 is 2.60 bits per heavy atom. The number of nitrogens with two attached hydrogens (primary N) is 1. The Kier molecular flexibility index (Phi) is 2.99. The fraction of sp³-hybridized carbons (Fsp3) is 0.125. The molecular weight excluding hydrogens is 248 g/mol. The highest BCUT2D eigenvalue weighted by molar-refractivity contribution is 5.87. The molecule has 0 saturated heterocycles.